The Bertz CT molecular complexity index is 1340. The molecule has 0 saturated carbocycles. The van der Waals surface area contributed by atoms with Crippen molar-refractivity contribution in [2.45, 2.75) is 31.9 Å². The van der Waals surface area contributed by atoms with Gasteiger partial charge in [0.2, 0.25) is 0 Å². The van der Waals surface area contributed by atoms with Gasteiger partial charge in [0, 0.05) is 47.4 Å². The molecule has 3 heterocycles. The Morgan fingerprint density at radius 2 is 1.71 bits per heavy atom. The molecule has 2 aromatic heterocycles. The summed E-state index contributed by atoms with van der Waals surface area (Å²) in [5, 5.41) is 16.5. The molecule has 172 valence electrons. The van der Waals surface area contributed by atoms with Crippen LogP contribution in [0, 0.1) is 11.8 Å². The van der Waals surface area contributed by atoms with Gasteiger partial charge in [0.05, 0.1) is 23.9 Å². The maximum Gasteiger partial charge on any atom is 0.113 e. The van der Waals surface area contributed by atoms with Crippen molar-refractivity contribution in [3.05, 3.63) is 83.3 Å². The summed E-state index contributed by atoms with van der Waals surface area (Å²) in [7, 11) is 0. The monoisotopic (exact) mass is 470 g/mol. The average Bonchev–Trinajstić information content (AvgIpc) is 3.25. The predicted molar refractivity (Wildman–Crippen MR) is 137 cm³/mol. The number of hydrogen-bond acceptors (Lipinski definition) is 4. The van der Waals surface area contributed by atoms with E-state index < -0.39 is 5.60 Å². The normalized spacial score (nSPS) is 15.7. The van der Waals surface area contributed by atoms with E-state index in [0.29, 0.717) is 0 Å². The summed E-state index contributed by atoms with van der Waals surface area (Å²) < 4.78 is 2.05. The smallest absolute Gasteiger partial charge is 0.113 e. The van der Waals surface area contributed by atoms with Gasteiger partial charge in [-0.1, -0.05) is 35.7 Å². The highest BCUT2D eigenvalue weighted by Gasteiger charge is 2.26. The first-order valence-corrected chi connectivity index (χ1v) is 12.0. The molecule has 0 atom stereocenters. The lowest BCUT2D eigenvalue weighted by molar-refractivity contribution is -0.00601. The number of piperidine rings is 1. The van der Waals surface area contributed by atoms with E-state index in [0.717, 1.165) is 77.3 Å². The number of halogens is 1. The van der Waals surface area contributed by atoms with Crippen LogP contribution >= 0.6 is 11.6 Å². The fourth-order valence-electron chi connectivity index (χ4n) is 4.25. The van der Waals surface area contributed by atoms with Crippen molar-refractivity contribution >= 4 is 22.5 Å². The molecule has 1 aliphatic heterocycles. The van der Waals surface area contributed by atoms with E-state index in [1.165, 1.54) is 0 Å². The predicted octanol–water partition coefficient (Wildman–Crippen LogP) is 5.00. The number of aromatic nitrogens is 3. The van der Waals surface area contributed by atoms with E-state index in [-0.39, 0.29) is 0 Å². The third kappa shape index (κ3) is 5.31. The number of hydrogen-bond donors (Lipinski definition) is 1. The van der Waals surface area contributed by atoms with Crippen LogP contribution in [-0.4, -0.2) is 50.0 Å². The molecule has 5 nitrogen and oxygen atoms in total. The Morgan fingerprint density at radius 1 is 0.941 bits per heavy atom. The highest BCUT2D eigenvalue weighted by molar-refractivity contribution is 6.30. The Balaban J connectivity index is 1.24. The number of nitrogens with zero attached hydrogens (tertiary/aromatic N) is 4. The summed E-state index contributed by atoms with van der Waals surface area (Å²) in [6.07, 6.45) is 5.39. The summed E-state index contributed by atoms with van der Waals surface area (Å²) in [6, 6.07) is 17.9. The second kappa shape index (κ2) is 9.60. The maximum absolute atomic E-state index is 10.1. The first-order chi connectivity index (χ1) is 16.4. The molecule has 0 radical (unpaired) electrons. The Kier molecular flexibility index (Phi) is 6.38. The Labute approximate surface area is 205 Å². The molecule has 4 aromatic rings. The van der Waals surface area contributed by atoms with Crippen molar-refractivity contribution in [3.8, 4) is 23.0 Å². The molecule has 1 aliphatic rings. The minimum atomic E-state index is -0.513. The van der Waals surface area contributed by atoms with E-state index >= 15 is 0 Å². The van der Waals surface area contributed by atoms with Gasteiger partial charge in [0.15, 0.2) is 0 Å². The second-order valence-corrected chi connectivity index (χ2v) is 9.61. The van der Waals surface area contributed by atoms with E-state index in [1.807, 2.05) is 61.8 Å². The lowest BCUT2D eigenvalue weighted by Gasteiger charge is -2.35. The maximum atomic E-state index is 10.1. The van der Waals surface area contributed by atoms with Gasteiger partial charge in [-0.3, -0.25) is 4.68 Å². The van der Waals surface area contributed by atoms with E-state index in [4.69, 9.17) is 11.6 Å². The quantitative estimate of drug-likeness (QED) is 0.426. The van der Waals surface area contributed by atoms with Gasteiger partial charge in [-0.05, 0) is 67.6 Å². The molecule has 0 bridgehead atoms. The van der Waals surface area contributed by atoms with Crippen molar-refractivity contribution in [1.82, 2.24) is 19.7 Å². The second-order valence-electron chi connectivity index (χ2n) is 9.17. The highest BCUT2D eigenvalue weighted by Crippen LogP contribution is 2.22. The van der Waals surface area contributed by atoms with Crippen LogP contribution in [0.4, 0.5) is 0 Å². The number of pyridine rings is 1. The van der Waals surface area contributed by atoms with E-state index in [1.54, 1.807) is 0 Å². The van der Waals surface area contributed by atoms with Gasteiger partial charge in [-0.2, -0.15) is 5.10 Å². The molecule has 0 unspecified atom stereocenters. The van der Waals surface area contributed by atoms with Crippen LogP contribution < -0.4 is 0 Å². The molecule has 1 saturated heterocycles. The van der Waals surface area contributed by atoms with Gasteiger partial charge in [-0.15, -0.1) is 0 Å². The Morgan fingerprint density at radius 3 is 2.44 bits per heavy atom. The molecule has 5 rings (SSSR count). The van der Waals surface area contributed by atoms with Crippen molar-refractivity contribution < 1.29 is 5.11 Å². The standard InChI is InChI=1S/C28H27ClN4O/c1-28(34)12-14-32(15-13-28)16-17-33-27-11-3-21(18-24(27)20-31-33)2-9-26-10-6-23(19-30-26)22-4-7-25(29)8-5-22/h3-8,10-11,18-20,34H,12-17H2,1H3. The molecule has 0 aliphatic carbocycles. The third-order valence-electron chi connectivity index (χ3n) is 6.48. The minimum Gasteiger partial charge on any atom is -0.390 e. The lowest BCUT2D eigenvalue weighted by Crippen LogP contribution is -2.43. The number of fused-ring (bicyclic) bond motifs is 1. The molecule has 2 aromatic carbocycles. The van der Waals surface area contributed by atoms with E-state index in [9.17, 15) is 5.11 Å². The van der Waals surface area contributed by atoms with Crippen LogP contribution in [0.5, 0.6) is 0 Å². The van der Waals surface area contributed by atoms with Crippen LogP contribution in [-0.2, 0) is 6.54 Å². The van der Waals surface area contributed by atoms with Gasteiger partial charge in [0.1, 0.15) is 5.69 Å². The molecule has 1 N–H and O–H groups in total. The molecule has 6 heteroatoms. The third-order valence-corrected chi connectivity index (χ3v) is 6.73. The van der Waals surface area contributed by atoms with Crippen molar-refractivity contribution in [2.24, 2.45) is 0 Å². The van der Waals surface area contributed by atoms with Crippen LogP contribution in [0.3, 0.4) is 0 Å². The summed E-state index contributed by atoms with van der Waals surface area (Å²) in [5.41, 5.74) is 4.38. The van der Waals surface area contributed by atoms with Crippen molar-refractivity contribution in [2.75, 3.05) is 19.6 Å². The Hall–Kier alpha value is -3.17. The average molecular weight is 471 g/mol. The first-order valence-electron chi connectivity index (χ1n) is 11.6. The van der Waals surface area contributed by atoms with Gasteiger partial charge >= 0.3 is 0 Å². The van der Waals surface area contributed by atoms with Crippen molar-refractivity contribution in [3.63, 3.8) is 0 Å². The van der Waals surface area contributed by atoms with Crippen LogP contribution in [0.15, 0.2) is 67.0 Å². The highest BCUT2D eigenvalue weighted by atomic mass is 35.5. The number of rotatable bonds is 4. The van der Waals surface area contributed by atoms with Crippen molar-refractivity contribution in [1.29, 1.82) is 0 Å². The van der Waals surface area contributed by atoms with Crippen LogP contribution in [0.2, 0.25) is 5.02 Å². The summed E-state index contributed by atoms with van der Waals surface area (Å²) in [6.45, 7) is 5.56. The largest absolute Gasteiger partial charge is 0.390 e. The zero-order valence-corrected chi connectivity index (χ0v) is 20.0. The fraction of sp³-hybridized carbons (Fsp3) is 0.286. The van der Waals surface area contributed by atoms with Gasteiger partial charge in [0.25, 0.3) is 0 Å². The zero-order valence-electron chi connectivity index (χ0n) is 19.2. The molecular formula is C28H27ClN4O. The van der Waals surface area contributed by atoms with Gasteiger partial charge in [-0.25, -0.2) is 4.98 Å². The molecule has 34 heavy (non-hydrogen) atoms. The topological polar surface area (TPSA) is 54.2 Å². The lowest BCUT2D eigenvalue weighted by atomic mass is 9.94. The number of benzene rings is 2. The SMILES string of the molecule is CC1(O)CCN(CCn2ncc3cc(C#Cc4ccc(-c5ccc(Cl)cc5)cn4)ccc32)CC1. The van der Waals surface area contributed by atoms with Crippen LogP contribution in [0.25, 0.3) is 22.0 Å². The minimum absolute atomic E-state index is 0.513. The number of aliphatic hydroxyl groups is 1. The van der Waals surface area contributed by atoms with Gasteiger partial charge < -0.3 is 10.0 Å². The summed E-state index contributed by atoms with van der Waals surface area (Å²) >= 11 is 5.97. The summed E-state index contributed by atoms with van der Waals surface area (Å²) in [4.78, 5) is 6.89. The zero-order chi connectivity index (χ0) is 23.5. The molecule has 0 amide bonds. The summed E-state index contributed by atoms with van der Waals surface area (Å²) in [5.74, 6) is 6.38. The molecule has 1 fully saturated rings. The molecule has 0 spiro atoms. The van der Waals surface area contributed by atoms with Crippen LogP contribution in [0.1, 0.15) is 31.0 Å². The first kappa shape index (κ1) is 22.6. The number of likely N-dealkylation sites (tertiary alicyclic amines) is 1. The van der Waals surface area contributed by atoms with E-state index in [2.05, 4.69) is 43.6 Å². The molecular weight excluding hydrogens is 444 g/mol. The fourth-order valence-corrected chi connectivity index (χ4v) is 4.38.